The number of non-ortho nitro benzene ring substituents is 1. The zero-order valence-electron chi connectivity index (χ0n) is 16.9. The number of nitrogens with zero attached hydrogens (tertiary/aromatic N) is 3. The number of aliphatic hydroxyl groups is 1. The lowest BCUT2D eigenvalue weighted by atomic mass is 10.0. The van der Waals surface area contributed by atoms with E-state index in [0.29, 0.717) is 24.2 Å². The van der Waals surface area contributed by atoms with E-state index in [4.69, 9.17) is 0 Å². The van der Waals surface area contributed by atoms with E-state index >= 15 is 0 Å². The monoisotopic (exact) mass is 375 g/mol. The fraction of sp³-hybridized carbons (Fsp3) is 0.500. The quantitative estimate of drug-likeness (QED) is 0.229. The van der Waals surface area contributed by atoms with Gasteiger partial charge in [0.1, 0.15) is 5.76 Å². The number of aliphatic hydroxyl groups excluding tert-OH is 1. The van der Waals surface area contributed by atoms with Crippen molar-refractivity contribution < 1.29 is 14.8 Å². The van der Waals surface area contributed by atoms with Gasteiger partial charge >= 0.3 is 0 Å². The van der Waals surface area contributed by atoms with Gasteiger partial charge in [-0.25, -0.2) is 0 Å². The van der Waals surface area contributed by atoms with Crippen LogP contribution in [-0.2, 0) is 4.79 Å². The molecule has 0 saturated carbocycles. The van der Waals surface area contributed by atoms with Gasteiger partial charge in [-0.3, -0.25) is 19.9 Å². The van der Waals surface area contributed by atoms with Gasteiger partial charge < -0.3 is 10.0 Å². The number of amides is 1. The van der Waals surface area contributed by atoms with Crippen molar-refractivity contribution in [3.63, 3.8) is 0 Å². The number of benzene rings is 1. The molecule has 27 heavy (non-hydrogen) atoms. The van der Waals surface area contributed by atoms with Crippen LogP contribution < -0.4 is 0 Å². The number of hydrogen-bond donors (Lipinski definition) is 1. The summed E-state index contributed by atoms with van der Waals surface area (Å²) in [6, 6.07) is 5.73. The van der Waals surface area contributed by atoms with Gasteiger partial charge in [-0.2, -0.15) is 0 Å². The van der Waals surface area contributed by atoms with E-state index in [9.17, 15) is 20.0 Å². The molecule has 1 amide bonds. The van der Waals surface area contributed by atoms with Gasteiger partial charge in [-0.05, 0) is 46.2 Å². The third-order valence-electron chi connectivity index (χ3n) is 4.13. The van der Waals surface area contributed by atoms with Gasteiger partial charge in [-0.1, -0.05) is 13.8 Å². The van der Waals surface area contributed by atoms with Crippen LogP contribution in [0.5, 0.6) is 0 Å². The van der Waals surface area contributed by atoms with E-state index in [0.717, 1.165) is 0 Å². The minimum absolute atomic E-state index is 0.00573. The van der Waals surface area contributed by atoms with E-state index < -0.39 is 4.92 Å². The molecule has 1 aromatic carbocycles. The van der Waals surface area contributed by atoms with Gasteiger partial charge in [0.2, 0.25) is 0 Å². The largest absolute Gasteiger partial charge is 0.511 e. The first-order valence-electron chi connectivity index (χ1n) is 9.21. The molecule has 1 N–H and O–H groups in total. The van der Waals surface area contributed by atoms with Crippen molar-refractivity contribution in [2.75, 3.05) is 0 Å². The molecule has 0 unspecified atom stereocenters. The van der Waals surface area contributed by atoms with Crippen LogP contribution in [0.1, 0.15) is 54.4 Å². The first-order valence-corrected chi connectivity index (χ1v) is 9.21. The van der Waals surface area contributed by atoms with E-state index in [2.05, 4.69) is 4.99 Å². The molecule has 0 aliphatic heterocycles. The maximum atomic E-state index is 13.2. The van der Waals surface area contributed by atoms with Crippen molar-refractivity contribution in [1.29, 1.82) is 0 Å². The molecule has 0 atom stereocenters. The highest BCUT2D eigenvalue weighted by Crippen LogP contribution is 2.23. The van der Waals surface area contributed by atoms with Gasteiger partial charge in [0, 0.05) is 30.6 Å². The Balaban J connectivity index is 3.43. The second-order valence-corrected chi connectivity index (χ2v) is 6.76. The molecule has 0 saturated heterocycles. The van der Waals surface area contributed by atoms with Crippen LogP contribution in [0.4, 0.5) is 11.4 Å². The molecule has 0 fully saturated rings. The van der Waals surface area contributed by atoms with Crippen LogP contribution in [0.3, 0.4) is 0 Å². The zero-order chi connectivity index (χ0) is 20.7. The average molecular weight is 375 g/mol. The molecule has 148 valence electrons. The Hall–Kier alpha value is -2.70. The van der Waals surface area contributed by atoms with E-state index in [1.165, 1.54) is 24.3 Å². The topological polar surface area (TPSA) is 96.0 Å². The Morgan fingerprint density at radius 3 is 2.00 bits per heavy atom. The van der Waals surface area contributed by atoms with Gasteiger partial charge in [0.05, 0.1) is 21.9 Å². The predicted molar refractivity (Wildman–Crippen MR) is 108 cm³/mol. The molecule has 7 heteroatoms. The van der Waals surface area contributed by atoms with E-state index in [-0.39, 0.29) is 35.0 Å². The first-order chi connectivity index (χ1) is 12.6. The van der Waals surface area contributed by atoms with Gasteiger partial charge in [-0.15, -0.1) is 0 Å². The lowest BCUT2D eigenvalue weighted by Crippen LogP contribution is -2.44. The molecule has 0 bridgehead atoms. The van der Waals surface area contributed by atoms with Crippen molar-refractivity contribution in [1.82, 2.24) is 4.90 Å². The zero-order valence-corrected chi connectivity index (χ0v) is 16.9. The summed E-state index contributed by atoms with van der Waals surface area (Å²) in [5.41, 5.74) is 1.13. The van der Waals surface area contributed by atoms with E-state index in [1.807, 2.05) is 34.6 Å². The molecular formula is C20H29N3O4. The van der Waals surface area contributed by atoms with Crippen molar-refractivity contribution >= 4 is 23.0 Å². The predicted octanol–water partition coefficient (Wildman–Crippen LogP) is 4.94. The average Bonchev–Trinajstić information content (AvgIpc) is 2.60. The van der Waals surface area contributed by atoms with Crippen LogP contribution in [-0.4, -0.2) is 38.6 Å². The number of nitro groups is 1. The molecule has 1 rings (SSSR count). The van der Waals surface area contributed by atoms with E-state index in [1.54, 1.807) is 11.8 Å². The van der Waals surface area contributed by atoms with Crippen molar-refractivity contribution in [2.24, 2.45) is 4.99 Å². The molecule has 0 radical (unpaired) electrons. The Morgan fingerprint density at radius 1 is 1.11 bits per heavy atom. The first kappa shape index (κ1) is 22.3. The number of carbonyl (C=O) groups is 1. The summed E-state index contributed by atoms with van der Waals surface area (Å²) in [4.78, 5) is 29.7. The number of aliphatic imine (C=N–C) groups is 1. The molecular weight excluding hydrogens is 346 g/mol. The molecule has 0 heterocycles. The number of hydrogen-bond acceptors (Lipinski definition) is 5. The SMILES string of the molecule is CCC(=Nc1ccc([N+](=O)[O-])cc1)/C(C(=O)N(C(C)C)C(C)C)=C(/O)CC. The van der Waals surface area contributed by atoms with Crippen LogP contribution >= 0.6 is 0 Å². The smallest absolute Gasteiger partial charge is 0.269 e. The second kappa shape index (κ2) is 9.85. The summed E-state index contributed by atoms with van der Waals surface area (Å²) >= 11 is 0. The maximum absolute atomic E-state index is 13.2. The third-order valence-corrected chi connectivity index (χ3v) is 4.13. The minimum atomic E-state index is -0.477. The Kier molecular flexibility index (Phi) is 8.15. The molecule has 0 aliphatic carbocycles. The number of rotatable bonds is 8. The van der Waals surface area contributed by atoms with Crippen molar-refractivity contribution in [2.45, 2.75) is 66.5 Å². The van der Waals surface area contributed by atoms with Crippen molar-refractivity contribution in [3.05, 3.63) is 45.7 Å². The normalized spacial score (nSPS) is 13.0. The van der Waals surface area contributed by atoms with Crippen LogP contribution in [0.2, 0.25) is 0 Å². The number of allylic oxidation sites excluding steroid dienone is 1. The molecule has 0 aliphatic rings. The minimum Gasteiger partial charge on any atom is -0.511 e. The maximum Gasteiger partial charge on any atom is 0.269 e. The van der Waals surface area contributed by atoms with Gasteiger partial charge in [0.15, 0.2) is 0 Å². The summed E-state index contributed by atoms with van der Waals surface area (Å²) < 4.78 is 0. The molecule has 0 aromatic heterocycles. The third kappa shape index (κ3) is 5.64. The summed E-state index contributed by atoms with van der Waals surface area (Å²) in [5, 5.41) is 21.3. The lowest BCUT2D eigenvalue weighted by Gasteiger charge is -2.32. The fourth-order valence-electron chi connectivity index (χ4n) is 2.90. The van der Waals surface area contributed by atoms with Gasteiger partial charge in [0.25, 0.3) is 11.6 Å². The lowest BCUT2D eigenvalue weighted by molar-refractivity contribution is -0.384. The number of nitro benzene ring substituents is 1. The highest BCUT2D eigenvalue weighted by Gasteiger charge is 2.28. The summed E-state index contributed by atoms with van der Waals surface area (Å²) in [6.07, 6.45) is 0.747. The molecule has 7 nitrogen and oxygen atoms in total. The summed E-state index contributed by atoms with van der Waals surface area (Å²) in [5.74, 6) is -0.268. The number of carbonyl (C=O) groups excluding carboxylic acids is 1. The second-order valence-electron chi connectivity index (χ2n) is 6.76. The van der Waals surface area contributed by atoms with Crippen LogP contribution in [0, 0.1) is 10.1 Å². The van der Waals surface area contributed by atoms with Crippen molar-refractivity contribution in [3.8, 4) is 0 Å². The standard InChI is InChI=1S/C20H29N3O4/c1-7-17(21-15-9-11-16(12-10-15)23(26)27)19(18(24)8-2)20(25)22(13(3)4)14(5)6/h9-14,24H,7-8H2,1-6H3/b19-18-,21-17?. The molecule has 0 spiro atoms. The Morgan fingerprint density at radius 2 is 1.63 bits per heavy atom. The Bertz CT molecular complexity index is 726. The highest BCUT2D eigenvalue weighted by atomic mass is 16.6. The van der Waals surface area contributed by atoms with Crippen LogP contribution in [0.15, 0.2) is 40.6 Å². The molecule has 1 aromatic rings. The Labute approximate surface area is 160 Å². The van der Waals surface area contributed by atoms with Crippen LogP contribution in [0.25, 0.3) is 0 Å². The fourth-order valence-corrected chi connectivity index (χ4v) is 2.90. The summed E-state index contributed by atoms with van der Waals surface area (Å²) in [7, 11) is 0. The summed E-state index contributed by atoms with van der Waals surface area (Å²) in [6.45, 7) is 11.3. The highest BCUT2D eigenvalue weighted by molar-refractivity contribution is 6.22.